The van der Waals surface area contributed by atoms with Crippen molar-refractivity contribution < 1.29 is 18.7 Å². The first-order chi connectivity index (χ1) is 13.2. The topological polar surface area (TPSA) is 68.6 Å². The average Bonchev–Trinajstić information content (AvgIpc) is 3.35. The second-order valence-corrected chi connectivity index (χ2v) is 6.87. The lowest BCUT2D eigenvalue weighted by Gasteiger charge is -2.33. The van der Waals surface area contributed by atoms with Crippen molar-refractivity contribution in [1.29, 1.82) is 0 Å². The number of nitrogens with one attached hydrogen (secondary N) is 1. The molecule has 2 aliphatic rings. The van der Waals surface area contributed by atoms with E-state index in [0.717, 1.165) is 25.0 Å². The van der Waals surface area contributed by atoms with Gasteiger partial charge in [0, 0.05) is 19.3 Å². The Kier molecular flexibility index (Phi) is 5.35. The number of urea groups is 1. The maximum atomic E-state index is 13.1. The molecule has 8 heteroatoms. The highest BCUT2D eigenvalue weighted by Crippen LogP contribution is 2.23. The molecule has 144 valence electrons. The van der Waals surface area contributed by atoms with Crippen LogP contribution in [0.25, 0.3) is 0 Å². The van der Waals surface area contributed by atoms with E-state index < -0.39 is 0 Å². The lowest BCUT2D eigenvalue weighted by molar-refractivity contribution is -0.0135. The summed E-state index contributed by atoms with van der Waals surface area (Å²) >= 11 is 0. The summed E-state index contributed by atoms with van der Waals surface area (Å²) in [6.45, 7) is 2.87. The molecule has 2 aromatic rings. The van der Waals surface area contributed by atoms with Gasteiger partial charge in [0.1, 0.15) is 11.9 Å². The molecule has 2 saturated heterocycles. The van der Waals surface area contributed by atoms with Crippen molar-refractivity contribution in [3.63, 3.8) is 0 Å². The molecule has 7 nitrogen and oxygen atoms in total. The fourth-order valence-corrected chi connectivity index (χ4v) is 3.44. The van der Waals surface area contributed by atoms with Crippen molar-refractivity contribution in [3.05, 3.63) is 48.0 Å². The zero-order chi connectivity index (χ0) is 18.6. The van der Waals surface area contributed by atoms with Gasteiger partial charge in [-0.1, -0.05) is 12.1 Å². The molecule has 2 unspecified atom stereocenters. The van der Waals surface area contributed by atoms with Gasteiger partial charge in [0.15, 0.2) is 0 Å². The minimum absolute atomic E-state index is 0.193. The third-order valence-electron chi connectivity index (χ3n) is 4.89. The lowest BCUT2D eigenvalue weighted by Crippen LogP contribution is -2.44. The third kappa shape index (κ3) is 4.45. The summed E-state index contributed by atoms with van der Waals surface area (Å²) in [5, 5.41) is 7.18. The molecule has 0 aliphatic carbocycles. The molecule has 0 bridgehead atoms. The van der Waals surface area contributed by atoms with Crippen LogP contribution in [0, 0.1) is 5.82 Å². The maximum absolute atomic E-state index is 13.1. The van der Waals surface area contributed by atoms with E-state index in [1.807, 2.05) is 6.20 Å². The average molecular weight is 374 g/mol. The minimum atomic E-state index is -0.288. The summed E-state index contributed by atoms with van der Waals surface area (Å²) in [6.07, 6.45) is 5.53. The zero-order valence-corrected chi connectivity index (χ0v) is 15.0. The predicted octanol–water partition coefficient (Wildman–Crippen LogP) is 2.81. The second kappa shape index (κ2) is 8.06. The van der Waals surface area contributed by atoms with Crippen LogP contribution in [-0.2, 0) is 16.0 Å². The third-order valence-corrected chi connectivity index (χ3v) is 4.89. The molecular formula is C19H23FN4O3. The molecular weight excluding hydrogens is 351 g/mol. The summed E-state index contributed by atoms with van der Waals surface area (Å²) in [5.74, 6) is -0.288. The van der Waals surface area contributed by atoms with E-state index in [1.54, 1.807) is 27.9 Å². The number of halogens is 1. The molecule has 0 saturated carbocycles. The summed E-state index contributed by atoms with van der Waals surface area (Å²) in [4.78, 5) is 14.3. The van der Waals surface area contributed by atoms with Gasteiger partial charge in [0.05, 0.1) is 37.7 Å². The van der Waals surface area contributed by atoms with Crippen LogP contribution in [0.5, 0.6) is 0 Å². The van der Waals surface area contributed by atoms with Crippen molar-refractivity contribution in [2.24, 2.45) is 0 Å². The van der Waals surface area contributed by atoms with E-state index in [9.17, 15) is 9.18 Å². The first-order valence-electron chi connectivity index (χ1n) is 9.24. The fraction of sp³-hybridized carbons (Fsp3) is 0.474. The zero-order valence-electron chi connectivity index (χ0n) is 15.0. The van der Waals surface area contributed by atoms with Crippen LogP contribution < -0.4 is 5.32 Å². The normalized spacial score (nSPS) is 22.8. The van der Waals surface area contributed by atoms with Gasteiger partial charge in [-0.3, -0.25) is 4.68 Å². The van der Waals surface area contributed by atoms with Gasteiger partial charge >= 0.3 is 6.03 Å². The van der Waals surface area contributed by atoms with Crippen molar-refractivity contribution in [1.82, 2.24) is 14.7 Å². The quantitative estimate of drug-likeness (QED) is 0.894. The number of hydrogen-bond donors (Lipinski definition) is 1. The fourth-order valence-electron chi connectivity index (χ4n) is 3.44. The second-order valence-electron chi connectivity index (χ2n) is 6.87. The highest BCUT2D eigenvalue weighted by atomic mass is 19.1. The number of nitrogens with zero attached hydrogens (tertiary/aromatic N) is 3. The van der Waals surface area contributed by atoms with E-state index >= 15 is 0 Å². The van der Waals surface area contributed by atoms with Gasteiger partial charge in [-0.2, -0.15) is 5.10 Å². The highest BCUT2D eigenvalue weighted by Gasteiger charge is 2.26. The van der Waals surface area contributed by atoms with Gasteiger partial charge in [-0.05, 0) is 30.5 Å². The molecule has 3 heterocycles. The number of morpholine rings is 1. The SMILES string of the molecule is O=C(Nc1cnn(CC2CCCO2)c1)N1CCOC(c2ccc(F)cc2)C1. The van der Waals surface area contributed by atoms with Crippen molar-refractivity contribution >= 4 is 11.7 Å². The van der Waals surface area contributed by atoms with Crippen LogP contribution >= 0.6 is 0 Å². The van der Waals surface area contributed by atoms with Gasteiger partial charge in [0.25, 0.3) is 0 Å². The Hall–Kier alpha value is -2.45. The maximum Gasteiger partial charge on any atom is 0.322 e. The van der Waals surface area contributed by atoms with E-state index in [2.05, 4.69) is 10.4 Å². The Morgan fingerprint density at radius 3 is 2.89 bits per heavy atom. The van der Waals surface area contributed by atoms with Crippen LogP contribution in [0.2, 0.25) is 0 Å². The van der Waals surface area contributed by atoms with Crippen LogP contribution in [-0.4, -0.2) is 53.1 Å². The Morgan fingerprint density at radius 2 is 2.11 bits per heavy atom. The summed E-state index contributed by atoms with van der Waals surface area (Å²) in [7, 11) is 0. The van der Waals surface area contributed by atoms with Gasteiger partial charge < -0.3 is 19.7 Å². The Morgan fingerprint density at radius 1 is 1.26 bits per heavy atom. The smallest absolute Gasteiger partial charge is 0.322 e. The van der Waals surface area contributed by atoms with Crippen LogP contribution in [0.1, 0.15) is 24.5 Å². The molecule has 0 radical (unpaired) electrons. The Bertz CT molecular complexity index is 774. The number of hydrogen-bond acceptors (Lipinski definition) is 4. The van der Waals surface area contributed by atoms with E-state index in [4.69, 9.17) is 9.47 Å². The predicted molar refractivity (Wildman–Crippen MR) is 96.9 cm³/mol. The number of amides is 2. The van der Waals surface area contributed by atoms with E-state index in [0.29, 0.717) is 31.9 Å². The molecule has 1 N–H and O–H groups in total. The number of benzene rings is 1. The number of rotatable bonds is 4. The number of ether oxygens (including phenoxy) is 2. The van der Waals surface area contributed by atoms with Crippen molar-refractivity contribution in [2.75, 3.05) is 31.6 Å². The number of aromatic nitrogens is 2. The number of anilines is 1. The highest BCUT2D eigenvalue weighted by molar-refractivity contribution is 5.89. The van der Waals surface area contributed by atoms with Gasteiger partial charge in [-0.15, -0.1) is 0 Å². The molecule has 2 amide bonds. The number of carbonyl (C=O) groups excluding carboxylic acids is 1. The van der Waals surface area contributed by atoms with Crippen molar-refractivity contribution in [3.8, 4) is 0 Å². The molecule has 2 atom stereocenters. The summed E-state index contributed by atoms with van der Waals surface area (Å²) in [5.41, 5.74) is 1.51. The molecule has 0 spiro atoms. The largest absolute Gasteiger partial charge is 0.376 e. The molecule has 2 aliphatic heterocycles. The van der Waals surface area contributed by atoms with E-state index in [1.165, 1.54) is 12.1 Å². The Balaban J connectivity index is 1.33. The first kappa shape index (κ1) is 17.9. The Labute approximate surface area is 157 Å². The molecule has 2 fully saturated rings. The molecule has 1 aromatic heterocycles. The molecule has 1 aromatic carbocycles. The number of carbonyl (C=O) groups is 1. The summed E-state index contributed by atoms with van der Waals surface area (Å²) in [6, 6.07) is 6.00. The molecule has 4 rings (SSSR count). The first-order valence-corrected chi connectivity index (χ1v) is 9.24. The van der Waals surface area contributed by atoms with Crippen LogP contribution in [0.15, 0.2) is 36.7 Å². The van der Waals surface area contributed by atoms with Gasteiger partial charge in [-0.25, -0.2) is 9.18 Å². The van der Waals surface area contributed by atoms with Crippen LogP contribution in [0.3, 0.4) is 0 Å². The molecule has 27 heavy (non-hydrogen) atoms. The standard InChI is InChI=1S/C19H23FN4O3/c20-15-5-3-14(4-6-15)18-13-23(7-9-27-18)19(25)22-16-10-21-24(11-16)12-17-2-1-8-26-17/h3-6,10-11,17-18H,1-2,7-9,12-13H2,(H,22,25). The van der Waals surface area contributed by atoms with E-state index in [-0.39, 0.29) is 24.1 Å². The lowest BCUT2D eigenvalue weighted by atomic mass is 10.1. The minimum Gasteiger partial charge on any atom is -0.376 e. The van der Waals surface area contributed by atoms with Crippen LogP contribution in [0.4, 0.5) is 14.9 Å². The van der Waals surface area contributed by atoms with Crippen molar-refractivity contribution in [2.45, 2.75) is 31.6 Å². The van der Waals surface area contributed by atoms with Gasteiger partial charge in [0.2, 0.25) is 0 Å². The summed E-state index contributed by atoms with van der Waals surface area (Å²) < 4.78 is 26.2. The monoisotopic (exact) mass is 374 g/mol.